The average molecular weight is 210 g/mol. The SMILES string of the molecule is COC(=O)C(C)c1ccc(C)cc1.[S]. The van der Waals surface area contributed by atoms with Gasteiger partial charge in [-0.3, -0.25) is 4.79 Å². The summed E-state index contributed by atoms with van der Waals surface area (Å²) in [6.45, 7) is 3.86. The van der Waals surface area contributed by atoms with Crippen molar-refractivity contribution in [2.24, 2.45) is 0 Å². The van der Waals surface area contributed by atoms with Crippen molar-refractivity contribution in [2.45, 2.75) is 19.8 Å². The normalized spacial score (nSPS) is 11.4. The number of aryl methyl sites for hydroxylation is 1. The molecule has 0 aliphatic heterocycles. The molecule has 1 aromatic rings. The molecule has 0 amide bonds. The van der Waals surface area contributed by atoms with Crippen molar-refractivity contribution >= 4 is 19.5 Å². The molecule has 0 bridgehead atoms. The summed E-state index contributed by atoms with van der Waals surface area (Å²) in [4.78, 5) is 11.2. The molecule has 1 aromatic carbocycles. The lowest BCUT2D eigenvalue weighted by atomic mass is 10.0. The number of carbonyl (C=O) groups is 1. The van der Waals surface area contributed by atoms with Crippen LogP contribution in [0.25, 0.3) is 0 Å². The standard InChI is InChI=1S/C11H14O2.S/c1-8-4-6-10(7-5-8)9(2)11(12)13-3;/h4-7,9H,1-3H3;. The quantitative estimate of drug-likeness (QED) is 0.701. The number of benzene rings is 1. The number of methoxy groups -OCH3 is 1. The summed E-state index contributed by atoms with van der Waals surface area (Å²) in [7, 11) is 1.41. The van der Waals surface area contributed by atoms with E-state index < -0.39 is 0 Å². The predicted octanol–water partition coefficient (Wildman–Crippen LogP) is 2.92. The zero-order valence-corrected chi connectivity index (χ0v) is 9.43. The molecule has 76 valence electrons. The highest BCUT2D eigenvalue weighted by molar-refractivity contribution is 7.59. The van der Waals surface area contributed by atoms with Crippen molar-refractivity contribution in [2.75, 3.05) is 7.11 Å². The molecule has 1 rings (SSSR count). The molecule has 0 aromatic heterocycles. The first-order valence-electron chi connectivity index (χ1n) is 4.29. The van der Waals surface area contributed by atoms with Gasteiger partial charge in [-0.1, -0.05) is 29.8 Å². The van der Waals surface area contributed by atoms with Crippen LogP contribution in [0.1, 0.15) is 24.0 Å². The van der Waals surface area contributed by atoms with Crippen molar-refractivity contribution in [3.63, 3.8) is 0 Å². The van der Waals surface area contributed by atoms with Gasteiger partial charge in [-0.15, -0.1) is 0 Å². The Labute approximate surface area is 91.7 Å². The van der Waals surface area contributed by atoms with Crippen molar-refractivity contribution in [3.8, 4) is 0 Å². The highest BCUT2D eigenvalue weighted by Gasteiger charge is 2.14. The zero-order chi connectivity index (χ0) is 9.84. The first-order chi connectivity index (χ1) is 6.15. The number of esters is 1. The van der Waals surface area contributed by atoms with E-state index in [4.69, 9.17) is 0 Å². The monoisotopic (exact) mass is 210 g/mol. The Morgan fingerprint density at radius 3 is 2.21 bits per heavy atom. The molecular formula is C11H14O2S. The zero-order valence-electron chi connectivity index (χ0n) is 8.61. The second-order valence-corrected chi connectivity index (χ2v) is 3.16. The van der Waals surface area contributed by atoms with Gasteiger partial charge >= 0.3 is 5.97 Å². The molecular weight excluding hydrogens is 196 g/mol. The van der Waals surface area contributed by atoms with Gasteiger partial charge < -0.3 is 4.74 Å². The molecule has 1 atom stereocenters. The summed E-state index contributed by atoms with van der Waals surface area (Å²) in [5.41, 5.74) is 2.19. The Balaban J connectivity index is 0.00000169. The lowest BCUT2D eigenvalue weighted by Gasteiger charge is -2.08. The van der Waals surface area contributed by atoms with Gasteiger partial charge in [-0.25, -0.2) is 0 Å². The maximum Gasteiger partial charge on any atom is 0.312 e. The highest BCUT2D eigenvalue weighted by atomic mass is 32.1. The van der Waals surface area contributed by atoms with Crippen molar-refractivity contribution in [1.29, 1.82) is 0 Å². The van der Waals surface area contributed by atoms with E-state index >= 15 is 0 Å². The second kappa shape index (κ2) is 5.70. The fraction of sp³-hybridized carbons (Fsp3) is 0.364. The molecule has 0 saturated carbocycles. The lowest BCUT2D eigenvalue weighted by Crippen LogP contribution is -2.10. The summed E-state index contributed by atoms with van der Waals surface area (Å²) < 4.78 is 4.66. The molecule has 0 fully saturated rings. The fourth-order valence-electron chi connectivity index (χ4n) is 1.17. The minimum atomic E-state index is -0.191. The first kappa shape index (κ1) is 13.0. The molecule has 2 nitrogen and oxygen atoms in total. The maximum atomic E-state index is 11.2. The van der Waals surface area contributed by atoms with Crippen molar-refractivity contribution in [3.05, 3.63) is 35.4 Å². The van der Waals surface area contributed by atoms with Crippen LogP contribution in [0.3, 0.4) is 0 Å². The van der Waals surface area contributed by atoms with Crippen LogP contribution >= 0.6 is 13.5 Å². The maximum absolute atomic E-state index is 11.2. The predicted molar refractivity (Wildman–Crippen MR) is 59.2 cm³/mol. The first-order valence-corrected chi connectivity index (χ1v) is 4.29. The minimum Gasteiger partial charge on any atom is -0.469 e. The van der Waals surface area contributed by atoms with Gasteiger partial charge in [0.1, 0.15) is 0 Å². The molecule has 0 N–H and O–H groups in total. The van der Waals surface area contributed by atoms with E-state index in [9.17, 15) is 4.79 Å². The van der Waals surface area contributed by atoms with Gasteiger partial charge in [0.25, 0.3) is 0 Å². The summed E-state index contributed by atoms with van der Waals surface area (Å²) in [5.74, 6) is -0.366. The largest absolute Gasteiger partial charge is 0.469 e. The van der Waals surface area contributed by atoms with Crippen LogP contribution in [0.4, 0.5) is 0 Å². The van der Waals surface area contributed by atoms with E-state index in [2.05, 4.69) is 4.74 Å². The van der Waals surface area contributed by atoms with E-state index in [1.165, 1.54) is 12.7 Å². The molecule has 0 aliphatic rings. The molecule has 2 radical (unpaired) electrons. The van der Waals surface area contributed by atoms with Crippen LogP contribution in [0.15, 0.2) is 24.3 Å². The Kier molecular flexibility index (Phi) is 5.31. The molecule has 0 heterocycles. The van der Waals surface area contributed by atoms with E-state index in [-0.39, 0.29) is 25.4 Å². The summed E-state index contributed by atoms with van der Waals surface area (Å²) in [6.07, 6.45) is 0. The third-order valence-electron chi connectivity index (χ3n) is 2.13. The van der Waals surface area contributed by atoms with Crippen LogP contribution in [-0.4, -0.2) is 13.1 Å². The third kappa shape index (κ3) is 3.07. The second-order valence-electron chi connectivity index (χ2n) is 3.16. The molecule has 0 aliphatic carbocycles. The van der Waals surface area contributed by atoms with Crippen molar-refractivity contribution in [1.82, 2.24) is 0 Å². The number of hydrogen-bond acceptors (Lipinski definition) is 2. The van der Waals surface area contributed by atoms with E-state index in [0.717, 1.165) is 5.56 Å². The van der Waals surface area contributed by atoms with Gasteiger partial charge in [0.05, 0.1) is 13.0 Å². The van der Waals surface area contributed by atoms with Crippen LogP contribution in [-0.2, 0) is 9.53 Å². The Bertz CT molecular complexity index is 293. The van der Waals surface area contributed by atoms with E-state index in [1.807, 2.05) is 38.1 Å². The number of ether oxygens (including phenoxy) is 1. The van der Waals surface area contributed by atoms with Crippen LogP contribution in [0.2, 0.25) is 0 Å². The van der Waals surface area contributed by atoms with Crippen LogP contribution < -0.4 is 0 Å². The molecule has 0 saturated heterocycles. The summed E-state index contributed by atoms with van der Waals surface area (Å²) in [6, 6.07) is 7.90. The van der Waals surface area contributed by atoms with Crippen LogP contribution in [0.5, 0.6) is 0 Å². The number of carbonyl (C=O) groups excluding carboxylic acids is 1. The van der Waals surface area contributed by atoms with E-state index in [0.29, 0.717) is 0 Å². The third-order valence-corrected chi connectivity index (χ3v) is 2.13. The average Bonchev–Trinajstić information content (AvgIpc) is 2.17. The Hall–Kier alpha value is -0.960. The molecule has 14 heavy (non-hydrogen) atoms. The van der Waals surface area contributed by atoms with Gasteiger partial charge in [-0.05, 0) is 19.4 Å². The van der Waals surface area contributed by atoms with Gasteiger partial charge in [0.2, 0.25) is 0 Å². The number of hydrogen-bond donors (Lipinski definition) is 0. The smallest absolute Gasteiger partial charge is 0.312 e. The highest BCUT2D eigenvalue weighted by Crippen LogP contribution is 2.16. The topological polar surface area (TPSA) is 26.3 Å². The number of rotatable bonds is 2. The molecule has 1 unspecified atom stereocenters. The molecule has 3 heteroatoms. The van der Waals surface area contributed by atoms with Gasteiger partial charge in [0.15, 0.2) is 0 Å². The molecule has 0 spiro atoms. The minimum absolute atomic E-state index is 0. The lowest BCUT2D eigenvalue weighted by molar-refractivity contribution is -0.141. The fourth-order valence-corrected chi connectivity index (χ4v) is 1.17. The van der Waals surface area contributed by atoms with Gasteiger partial charge in [0, 0.05) is 13.5 Å². The summed E-state index contributed by atoms with van der Waals surface area (Å²) >= 11 is 0. The van der Waals surface area contributed by atoms with Gasteiger partial charge in [-0.2, -0.15) is 0 Å². The van der Waals surface area contributed by atoms with Crippen molar-refractivity contribution < 1.29 is 9.53 Å². The van der Waals surface area contributed by atoms with Crippen LogP contribution in [0, 0.1) is 6.92 Å². The Morgan fingerprint density at radius 2 is 1.79 bits per heavy atom. The Morgan fingerprint density at radius 1 is 1.29 bits per heavy atom. The van der Waals surface area contributed by atoms with E-state index in [1.54, 1.807) is 0 Å². The summed E-state index contributed by atoms with van der Waals surface area (Å²) in [5, 5.41) is 0.